The average Bonchev–Trinajstić information content (AvgIpc) is 2.65. The Hall–Kier alpha value is 1.29. The standard InChI is InChI=1S/C15H31P3/c1-13(2,3)10-16-11(14(4,5)6)18-12(17(10)18)15(7,8)9/h10-12,16H,1-9H3. The minimum Gasteiger partial charge on any atom is -0.105 e. The Bertz CT molecular complexity index is 303. The molecule has 106 valence electrons. The van der Waals surface area contributed by atoms with E-state index < -0.39 is 0 Å². The number of hydrogen-bond acceptors (Lipinski definition) is 0. The maximum Gasteiger partial charge on any atom is 0.0132 e. The van der Waals surface area contributed by atoms with Gasteiger partial charge in [-0.3, -0.25) is 0 Å². The van der Waals surface area contributed by atoms with Crippen molar-refractivity contribution in [2.45, 2.75) is 78.5 Å². The van der Waals surface area contributed by atoms with Crippen molar-refractivity contribution in [1.82, 2.24) is 0 Å². The highest BCUT2D eigenvalue weighted by atomic mass is 32.1. The molecule has 18 heavy (non-hydrogen) atoms. The summed E-state index contributed by atoms with van der Waals surface area (Å²) in [5, 5.41) is 3.23. The molecule has 2 saturated heterocycles. The highest BCUT2D eigenvalue weighted by molar-refractivity contribution is 8.51. The summed E-state index contributed by atoms with van der Waals surface area (Å²) in [5.41, 5.74) is 1.66. The second kappa shape index (κ2) is 4.39. The van der Waals surface area contributed by atoms with Crippen molar-refractivity contribution < 1.29 is 0 Å². The van der Waals surface area contributed by atoms with Gasteiger partial charge in [0.2, 0.25) is 0 Å². The quantitative estimate of drug-likeness (QED) is 0.437. The topological polar surface area (TPSA) is 0 Å². The van der Waals surface area contributed by atoms with Crippen LogP contribution in [0.1, 0.15) is 62.3 Å². The van der Waals surface area contributed by atoms with Crippen molar-refractivity contribution in [2.75, 3.05) is 0 Å². The SMILES string of the molecule is CC(C)(C)C1PC(C(C)(C)C)P2C(C(C)(C)C)P12. The van der Waals surface area contributed by atoms with Gasteiger partial charge in [0.25, 0.3) is 0 Å². The Morgan fingerprint density at radius 2 is 0.944 bits per heavy atom. The molecule has 3 heteroatoms. The van der Waals surface area contributed by atoms with Crippen molar-refractivity contribution in [3.05, 3.63) is 0 Å². The summed E-state index contributed by atoms with van der Waals surface area (Å²) in [6.07, 6.45) is 0. The Kier molecular flexibility index (Phi) is 3.82. The van der Waals surface area contributed by atoms with E-state index in [4.69, 9.17) is 0 Å². The van der Waals surface area contributed by atoms with Gasteiger partial charge in [-0.05, 0) is 16.2 Å². The van der Waals surface area contributed by atoms with Crippen LogP contribution in [0.2, 0.25) is 0 Å². The molecule has 0 nitrogen and oxygen atoms in total. The molecule has 0 amide bonds. The van der Waals surface area contributed by atoms with Gasteiger partial charge in [0.1, 0.15) is 0 Å². The average molecular weight is 304 g/mol. The van der Waals surface area contributed by atoms with Crippen LogP contribution in [0.25, 0.3) is 0 Å². The fourth-order valence-corrected chi connectivity index (χ4v) is 25.6. The molecule has 0 spiro atoms. The fourth-order valence-electron chi connectivity index (χ4n) is 3.14. The molecule has 2 rings (SSSR count). The molecule has 0 saturated carbocycles. The summed E-state index contributed by atoms with van der Waals surface area (Å²) in [7, 11) is 1.99. The third-order valence-electron chi connectivity index (χ3n) is 3.97. The first-order valence-electron chi connectivity index (χ1n) is 7.18. The van der Waals surface area contributed by atoms with Crippen molar-refractivity contribution >= 4 is 23.8 Å². The lowest BCUT2D eigenvalue weighted by Gasteiger charge is -2.37. The van der Waals surface area contributed by atoms with E-state index in [1.165, 1.54) is 8.58 Å². The molecule has 4 atom stereocenters. The zero-order chi connectivity index (χ0) is 14.1. The molecule has 2 aliphatic rings. The van der Waals surface area contributed by atoms with E-state index in [1.807, 2.05) is 0 Å². The van der Waals surface area contributed by atoms with E-state index in [0.717, 1.165) is 16.2 Å². The lowest BCUT2D eigenvalue weighted by atomic mass is 9.99. The summed E-state index contributed by atoms with van der Waals surface area (Å²) in [4.78, 5) is 0. The van der Waals surface area contributed by atoms with E-state index in [-0.39, 0.29) is 0 Å². The van der Waals surface area contributed by atoms with E-state index in [1.54, 1.807) is 0 Å². The second-order valence-corrected chi connectivity index (χ2v) is 18.4. The van der Waals surface area contributed by atoms with Gasteiger partial charge in [-0.2, -0.15) is 0 Å². The lowest BCUT2D eigenvalue weighted by Crippen LogP contribution is -2.26. The van der Waals surface area contributed by atoms with E-state index in [2.05, 4.69) is 62.3 Å². The highest BCUT2D eigenvalue weighted by Gasteiger charge is 2.68. The van der Waals surface area contributed by atoms with E-state index in [9.17, 15) is 0 Å². The third kappa shape index (κ3) is 2.69. The Labute approximate surface area is 119 Å². The van der Waals surface area contributed by atoms with Crippen LogP contribution in [0, 0.1) is 16.2 Å². The smallest absolute Gasteiger partial charge is 0.0132 e. The minimum absolute atomic E-state index is 0.372. The summed E-state index contributed by atoms with van der Waals surface area (Å²) < 4.78 is 0. The van der Waals surface area contributed by atoms with Crippen LogP contribution in [0.15, 0.2) is 0 Å². The molecule has 0 aromatic heterocycles. The molecule has 4 unspecified atom stereocenters. The van der Waals surface area contributed by atoms with Crippen LogP contribution in [0.3, 0.4) is 0 Å². The molecule has 2 fully saturated rings. The van der Waals surface area contributed by atoms with E-state index in [0.29, 0.717) is 31.5 Å². The molecule has 0 aromatic rings. The normalized spacial score (nSPS) is 42.2. The minimum atomic E-state index is 0.372. The molecule has 0 bridgehead atoms. The van der Waals surface area contributed by atoms with Crippen LogP contribution in [-0.4, -0.2) is 16.2 Å². The highest BCUT2D eigenvalue weighted by Crippen LogP contribution is 3.10. The predicted octanol–water partition coefficient (Wildman–Crippen LogP) is 6.69. The molecular weight excluding hydrogens is 273 g/mol. The van der Waals surface area contributed by atoms with Gasteiger partial charge in [0, 0.05) is 16.2 Å². The maximum absolute atomic E-state index is 2.49. The predicted molar refractivity (Wildman–Crippen MR) is 91.9 cm³/mol. The zero-order valence-electron chi connectivity index (χ0n) is 13.6. The molecular formula is C15H31P3. The van der Waals surface area contributed by atoms with Crippen molar-refractivity contribution in [3.63, 3.8) is 0 Å². The second-order valence-electron chi connectivity index (χ2n) is 9.20. The Balaban J connectivity index is 2.26. The first-order valence-corrected chi connectivity index (χ1v) is 12.0. The fraction of sp³-hybridized carbons (Fsp3) is 1.00. The monoisotopic (exact) mass is 304 g/mol. The lowest BCUT2D eigenvalue weighted by molar-refractivity contribution is 0.423. The van der Waals surface area contributed by atoms with Crippen molar-refractivity contribution in [1.29, 1.82) is 0 Å². The van der Waals surface area contributed by atoms with Crippen LogP contribution in [-0.2, 0) is 0 Å². The van der Waals surface area contributed by atoms with Gasteiger partial charge in [0.15, 0.2) is 0 Å². The Morgan fingerprint density at radius 1 is 0.611 bits per heavy atom. The van der Waals surface area contributed by atoms with Crippen LogP contribution in [0.5, 0.6) is 0 Å². The third-order valence-corrected chi connectivity index (χ3v) is 20.6. The molecule has 0 radical (unpaired) electrons. The van der Waals surface area contributed by atoms with E-state index >= 15 is 0 Å². The molecule has 2 heterocycles. The van der Waals surface area contributed by atoms with Crippen molar-refractivity contribution in [2.24, 2.45) is 16.2 Å². The van der Waals surface area contributed by atoms with Gasteiger partial charge >= 0.3 is 0 Å². The van der Waals surface area contributed by atoms with Crippen LogP contribution >= 0.6 is 23.8 Å². The summed E-state index contributed by atoms with van der Waals surface area (Å²) in [6.45, 7) is 22.4. The van der Waals surface area contributed by atoms with Gasteiger partial charge in [-0.1, -0.05) is 77.5 Å². The van der Waals surface area contributed by atoms with Gasteiger partial charge in [-0.25, -0.2) is 0 Å². The summed E-state index contributed by atoms with van der Waals surface area (Å²) in [6, 6.07) is 0. The molecule has 0 N–H and O–H groups in total. The first kappa shape index (κ1) is 15.7. The molecule has 0 aromatic carbocycles. The summed E-state index contributed by atoms with van der Waals surface area (Å²) in [5.74, 6) is 0. The van der Waals surface area contributed by atoms with Gasteiger partial charge in [-0.15, -0.1) is 8.58 Å². The van der Waals surface area contributed by atoms with Gasteiger partial charge in [0.05, 0.1) is 0 Å². The first-order chi connectivity index (χ1) is 7.85. The molecule has 2 aliphatic heterocycles. The zero-order valence-corrected chi connectivity index (χ0v) is 16.4. The van der Waals surface area contributed by atoms with Crippen molar-refractivity contribution in [3.8, 4) is 0 Å². The largest absolute Gasteiger partial charge is 0.105 e. The van der Waals surface area contributed by atoms with Crippen LogP contribution < -0.4 is 0 Å². The maximum atomic E-state index is 2.49. The summed E-state index contributed by atoms with van der Waals surface area (Å²) >= 11 is 0. The number of hydrogen-bond donors (Lipinski definition) is 0. The van der Waals surface area contributed by atoms with Gasteiger partial charge < -0.3 is 0 Å². The van der Waals surface area contributed by atoms with Crippen LogP contribution in [0.4, 0.5) is 0 Å². The molecule has 0 aliphatic carbocycles. The number of rotatable bonds is 0. The number of fused-ring (bicyclic) bond motifs is 1. The Morgan fingerprint density at radius 3 is 1.17 bits per heavy atom.